The highest BCUT2D eigenvalue weighted by atomic mass is 32.2. The fourth-order valence-electron chi connectivity index (χ4n) is 3.18. The zero-order chi connectivity index (χ0) is 22.3. The summed E-state index contributed by atoms with van der Waals surface area (Å²) in [6.07, 6.45) is 0. The Morgan fingerprint density at radius 1 is 0.867 bits per heavy atom. The van der Waals surface area contributed by atoms with E-state index in [1.807, 2.05) is 80.5 Å². The molecule has 0 atom stereocenters. The van der Waals surface area contributed by atoms with Crippen molar-refractivity contribution in [2.75, 3.05) is 44.6 Å². The molecule has 10 heteroatoms. The van der Waals surface area contributed by atoms with Crippen molar-refractivity contribution in [3.63, 3.8) is 0 Å². The second-order valence-electron chi connectivity index (χ2n) is 7.29. The maximum Gasteiger partial charge on any atom is 0.523 e. The Hall–Kier alpha value is -2.59. The van der Waals surface area contributed by atoms with E-state index in [4.69, 9.17) is 0 Å². The molecule has 30 heavy (non-hydrogen) atoms. The van der Waals surface area contributed by atoms with E-state index in [1.165, 1.54) is 0 Å². The Morgan fingerprint density at radius 2 is 1.33 bits per heavy atom. The van der Waals surface area contributed by atoms with Crippen molar-refractivity contribution in [2.24, 2.45) is 0 Å². The van der Waals surface area contributed by atoms with E-state index in [2.05, 4.69) is 4.18 Å². The first-order chi connectivity index (χ1) is 13.9. The van der Waals surface area contributed by atoms with Crippen LogP contribution < -0.4 is 14.4 Å². The summed E-state index contributed by atoms with van der Waals surface area (Å²) in [6, 6.07) is 13.5. The number of pyridine rings is 1. The van der Waals surface area contributed by atoms with Gasteiger partial charge < -0.3 is 9.80 Å². The van der Waals surface area contributed by atoms with Crippen molar-refractivity contribution in [3.8, 4) is 0 Å². The Morgan fingerprint density at radius 3 is 1.73 bits per heavy atom. The van der Waals surface area contributed by atoms with Gasteiger partial charge >= 0.3 is 15.6 Å². The number of rotatable bonds is 6. The van der Waals surface area contributed by atoms with Gasteiger partial charge in [-0.25, -0.2) is 0 Å². The molecule has 0 fully saturated rings. The fraction of sp³-hybridized carbons (Fsp3) is 0.350. The van der Waals surface area contributed by atoms with Gasteiger partial charge in [-0.05, 0) is 30.3 Å². The molecule has 162 valence electrons. The number of anilines is 2. The van der Waals surface area contributed by atoms with Gasteiger partial charge in [0.1, 0.15) is 6.61 Å². The first-order valence-electron chi connectivity index (χ1n) is 9.11. The number of benzene rings is 2. The number of halogens is 3. The van der Waals surface area contributed by atoms with Gasteiger partial charge in [0.25, 0.3) is 0 Å². The molecule has 3 rings (SSSR count). The van der Waals surface area contributed by atoms with Crippen LogP contribution in [0.25, 0.3) is 21.8 Å². The molecule has 6 nitrogen and oxygen atoms in total. The smallest absolute Gasteiger partial charge is 0.377 e. The summed E-state index contributed by atoms with van der Waals surface area (Å²) in [5.41, 5.74) is -2.11. The maximum atomic E-state index is 12.6. The highest BCUT2D eigenvalue weighted by Crippen LogP contribution is 2.26. The summed E-state index contributed by atoms with van der Waals surface area (Å²) in [5, 5.41) is 1.76. The Labute approximate surface area is 173 Å². The zero-order valence-corrected chi connectivity index (χ0v) is 17.9. The first kappa shape index (κ1) is 22.1. The monoisotopic (exact) mass is 442 g/mol. The Kier molecular flexibility index (Phi) is 5.83. The summed E-state index contributed by atoms with van der Waals surface area (Å²) in [7, 11) is 1.89. The topological polar surface area (TPSA) is 53.7 Å². The lowest BCUT2D eigenvalue weighted by Crippen LogP contribution is -2.39. The molecular weight excluding hydrogens is 419 g/mol. The van der Waals surface area contributed by atoms with Crippen LogP contribution in [0.3, 0.4) is 0 Å². The molecule has 0 N–H and O–H groups in total. The summed E-state index contributed by atoms with van der Waals surface area (Å²) in [6.45, 7) is -0.712. The van der Waals surface area contributed by atoms with E-state index in [0.29, 0.717) is 0 Å². The summed E-state index contributed by atoms with van der Waals surface area (Å²) < 4.78 is 66.5. The van der Waals surface area contributed by atoms with Crippen molar-refractivity contribution in [3.05, 3.63) is 42.5 Å². The summed E-state index contributed by atoms with van der Waals surface area (Å²) in [5.74, 6) is 0. The van der Waals surface area contributed by atoms with E-state index >= 15 is 0 Å². The molecule has 0 amide bonds. The SMILES string of the molecule is CN(C)c1ccc2cc3ccc(N(C)C)cc3[n+](CCOS(=O)(=O)C(F)(F)F)c2c1. The molecule has 2 aromatic carbocycles. The predicted molar refractivity (Wildman–Crippen MR) is 111 cm³/mol. The molecule has 3 aromatic rings. The lowest BCUT2D eigenvalue weighted by molar-refractivity contribution is -0.646. The lowest BCUT2D eigenvalue weighted by atomic mass is 10.1. The first-order valence-corrected chi connectivity index (χ1v) is 10.5. The number of nitrogens with zero attached hydrogens (tertiary/aromatic N) is 3. The standard InChI is InChI=1S/C20H23F3N3O3S/c1-24(2)16-7-5-14-11-15-6-8-17(25(3)4)13-19(15)26(18(14)12-16)9-10-29-30(27,28)20(21,22)23/h5-8,11-13H,9-10H2,1-4H3/q+1. The van der Waals surface area contributed by atoms with E-state index < -0.39 is 22.2 Å². The van der Waals surface area contributed by atoms with Crippen LogP contribution in [0.5, 0.6) is 0 Å². The minimum Gasteiger partial charge on any atom is -0.377 e. The van der Waals surface area contributed by atoms with Gasteiger partial charge in [-0.1, -0.05) is 0 Å². The average molecular weight is 442 g/mol. The maximum absolute atomic E-state index is 12.6. The third-order valence-electron chi connectivity index (χ3n) is 4.79. The van der Waals surface area contributed by atoms with Crippen molar-refractivity contribution in [1.82, 2.24) is 0 Å². The molecular formula is C20H23F3N3O3S+. The molecule has 0 aliphatic carbocycles. The molecule has 0 bridgehead atoms. The number of hydrogen-bond donors (Lipinski definition) is 0. The van der Waals surface area contributed by atoms with Crippen LogP contribution in [0.1, 0.15) is 0 Å². The molecule has 1 aromatic heterocycles. The highest BCUT2D eigenvalue weighted by molar-refractivity contribution is 7.87. The number of hydrogen-bond acceptors (Lipinski definition) is 5. The number of aromatic nitrogens is 1. The third kappa shape index (κ3) is 4.29. The van der Waals surface area contributed by atoms with Gasteiger partial charge in [-0.15, -0.1) is 0 Å². The molecule has 0 aliphatic rings. The molecule has 0 saturated heterocycles. The van der Waals surface area contributed by atoms with E-state index in [1.54, 1.807) is 4.57 Å². The fourth-order valence-corrected chi connectivity index (χ4v) is 3.60. The molecule has 0 saturated carbocycles. The molecule has 0 unspecified atom stereocenters. The van der Waals surface area contributed by atoms with Gasteiger partial charge in [0.15, 0.2) is 6.54 Å². The quantitative estimate of drug-likeness (QED) is 0.254. The average Bonchev–Trinajstić information content (AvgIpc) is 2.65. The van der Waals surface area contributed by atoms with Crippen molar-refractivity contribution < 1.29 is 30.3 Å². The Bertz CT molecular complexity index is 1130. The molecule has 0 spiro atoms. The Balaban J connectivity index is 2.14. The summed E-state index contributed by atoms with van der Waals surface area (Å²) in [4.78, 5) is 3.82. The van der Waals surface area contributed by atoms with Crippen LogP contribution >= 0.6 is 0 Å². The molecule has 0 radical (unpaired) electrons. The number of fused-ring (bicyclic) bond motifs is 2. The van der Waals surface area contributed by atoms with Crippen LogP contribution in [0.15, 0.2) is 42.5 Å². The van der Waals surface area contributed by atoms with Crippen molar-refractivity contribution >= 4 is 43.3 Å². The highest BCUT2D eigenvalue weighted by Gasteiger charge is 2.47. The van der Waals surface area contributed by atoms with Crippen LogP contribution in [0.4, 0.5) is 24.5 Å². The van der Waals surface area contributed by atoms with E-state index in [-0.39, 0.29) is 6.54 Å². The molecule has 0 aliphatic heterocycles. The predicted octanol–water partition coefficient (Wildman–Crippen LogP) is 3.28. The molecule has 1 heterocycles. The van der Waals surface area contributed by atoms with Gasteiger partial charge in [0.05, 0.1) is 0 Å². The van der Waals surface area contributed by atoms with Gasteiger partial charge in [0.2, 0.25) is 11.0 Å². The van der Waals surface area contributed by atoms with E-state index in [9.17, 15) is 21.6 Å². The second kappa shape index (κ2) is 7.92. The van der Waals surface area contributed by atoms with Crippen LogP contribution in [-0.4, -0.2) is 48.7 Å². The van der Waals surface area contributed by atoms with Crippen molar-refractivity contribution in [1.29, 1.82) is 0 Å². The van der Waals surface area contributed by atoms with Crippen LogP contribution in [0, 0.1) is 0 Å². The summed E-state index contributed by atoms with van der Waals surface area (Å²) >= 11 is 0. The largest absolute Gasteiger partial charge is 0.523 e. The minimum absolute atomic E-state index is 0.0725. The lowest BCUT2D eigenvalue weighted by Gasteiger charge is -2.15. The van der Waals surface area contributed by atoms with Gasteiger partial charge in [-0.3, -0.25) is 4.18 Å². The van der Waals surface area contributed by atoms with Crippen LogP contribution in [-0.2, 0) is 20.8 Å². The second-order valence-corrected chi connectivity index (χ2v) is 8.90. The zero-order valence-electron chi connectivity index (χ0n) is 17.1. The van der Waals surface area contributed by atoms with Crippen LogP contribution in [0.2, 0.25) is 0 Å². The van der Waals surface area contributed by atoms with Gasteiger partial charge in [-0.2, -0.15) is 26.2 Å². The normalized spacial score (nSPS) is 12.5. The van der Waals surface area contributed by atoms with E-state index in [0.717, 1.165) is 33.2 Å². The number of alkyl halides is 3. The minimum atomic E-state index is -5.65. The van der Waals surface area contributed by atoms with Gasteiger partial charge in [0, 0.05) is 62.5 Å². The van der Waals surface area contributed by atoms with Crippen molar-refractivity contribution in [2.45, 2.75) is 12.1 Å². The third-order valence-corrected chi connectivity index (χ3v) is 5.83.